The summed E-state index contributed by atoms with van der Waals surface area (Å²) in [6.07, 6.45) is 6.29. The Bertz CT molecular complexity index is 1040. The molecular weight excluding hydrogens is 446 g/mol. The molecule has 1 spiro atoms. The van der Waals surface area contributed by atoms with Crippen molar-refractivity contribution in [1.29, 1.82) is 0 Å². The zero-order chi connectivity index (χ0) is 23.3. The van der Waals surface area contributed by atoms with Gasteiger partial charge in [-0.1, -0.05) is 94.3 Å². The molecule has 2 heterocycles. The van der Waals surface area contributed by atoms with Crippen molar-refractivity contribution in [2.45, 2.75) is 75.9 Å². The maximum atomic E-state index is 13.4. The lowest BCUT2D eigenvalue weighted by atomic mass is 9.73. The van der Waals surface area contributed by atoms with Gasteiger partial charge in [-0.15, -0.1) is 0 Å². The Labute approximate surface area is 200 Å². The minimum absolute atomic E-state index is 0.0558. The van der Waals surface area contributed by atoms with Crippen LogP contribution in [0.1, 0.15) is 59.3 Å². The summed E-state index contributed by atoms with van der Waals surface area (Å²) >= 11 is 0. The topological polar surface area (TPSA) is 46.6 Å². The average Bonchev–Trinajstić information content (AvgIpc) is 3.27. The fourth-order valence-electron chi connectivity index (χ4n) is 7.13. The second-order valence-electron chi connectivity index (χ2n) is 11.3. The first-order chi connectivity index (χ1) is 15.7. The molecule has 2 saturated heterocycles. The molecule has 3 atom stereocenters. The van der Waals surface area contributed by atoms with E-state index in [1.807, 2.05) is 4.31 Å². The van der Waals surface area contributed by atoms with E-state index in [-0.39, 0.29) is 16.6 Å². The van der Waals surface area contributed by atoms with Gasteiger partial charge in [0.15, 0.2) is 0 Å². The summed E-state index contributed by atoms with van der Waals surface area (Å²) in [4.78, 5) is 0. The van der Waals surface area contributed by atoms with Crippen molar-refractivity contribution in [2.75, 3.05) is 12.4 Å². The minimum atomic E-state index is -3.23. The molecule has 2 aromatic carbocycles. The van der Waals surface area contributed by atoms with Crippen LogP contribution < -0.4 is 10.4 Å². The highest BCUT2D eigenvalue weighted by atomic mass is 32.2. The normalized spacial score (nSPS) is 29.5. The first-order valence-corrected chi connectivity index (χ1v) is 16.0. The van der Waals surface area contributed by atoms with Crippen LogP contribution in [0.3, 0.4) is 0 Å². The maximum absolute atomic E-state index is 13.4. The van der Waals surface area contributed by atoms with Crippen molar-refractivity contribution in [3.8, 4) is 0 Å². The van der Waals surface area contributed by atoms with Crippen molar-refractivity contribution in [3.63, 3.8) is 0 Å². The monoisotopic (exact) mass is 483 g/mol. The Morgan fingerprint density at radius 2 is 1.55 bits per heavy atom. The predicted molar refractivity (Wildman–Crippen MR) is 137 cm³/mol. The lowest BCUT2D eigenvalue weighted by molar-refractivity contribution is 0.0997. The van der Waals surface area contributed by atoms with Gasteiger partial charge in [-0.05, 0) is 47.0 Å². The second kappa shape index (κ2) is 8.33. The molecule has 6 heteroatoms. The van der Waals surface area contributed by atoms with Crippen LogP contribution in [0.4, 0.5) is 0 Å². The van der Waals surface area contributed by atoms with Crippen LogP contribution in [0, 0.1) is 5.92 Å². The second-order valence-corrected chi connectivity index (χ2v) is 17.5. The molecular formula is C27H37NO3SSi. The molecule has 2 aliphatic heterocycles. The van der Waals surface area contributed by atoms with Gasteiger partial charge in [-0.2, -0.15) is 4.31 Å². The van der Waals surface area contributed by atoms with Crippen LogP contribution in [0.15, 0.2) is 60.7 Å². The van der Waals surface area contributed by atoms with E-state index in [1.54, 1.807) is 0 Å². The van der Waals surface area contributed by atoms with Crippen LogP contribution in [0.5, 0.6) is 0 Å². The number of rotatable bonds is 5. The molecule has 0 N–H and O–H groups in total. The van der Waals surface area contributed by atoms with Gasteiger partial charge in [0.25, 0.3) is 8.32 Å². The van der Waals surface area contributed by atoms with Gasteiger partial charge >= 0.3 is 0 Å². The molecule has 0 unspecified atom stereocenters. The molecule has 0 bridgehead atoms. The highest BCUT2D eigenvalue weighted by molar-refractivity contribution is 7.89. The fourth-order valence-corrected chi connectivity index (χ4v) is 14.4. The third-order valence-electron chi connectivity index (χ3n) is 8.47. The minimum Gasteiger partial charge on any atom is -0.406 e. The summed E-state index contributed by atoms with van der Waals surface area (Å²) in [5, 5.41) is 2.39. The first kappa shape index (κ1) is 23.3. The largest absolute Gasteiger partial charge is 0.406 e. The van der Waals surface area contributed by atoms with Crippen molar-refractivity contribution < 1.29 is 12.8 Å². The smallest absolute Gasteiger partial charge is 0.261 e. The van der Waals surface area contributed by atoms with Gasteiger partial charge in [0.2, 0.25) is 10.0 Å². The van der Waals surface area contributed by atoms with Gasteiger partial charge < -0.3 is 4.43 Å². The highest BCUT2D eigenvalue weighted by Crippen LogP contribution is 2.54. The van der Waals surface area contributed by atoms with Crippen LogP contribution in [0.2, 0.25) is 5.04 Å². The molecule has 5 rings (SSSR count). The van der Waals surface area contributed by atoms with Crippen LogP contribution in [-0.4, -0.2) is 45.0 Å². The number of benzene rings is 2. The summed E-state index contributed by atoms with van der Waals surface area (Å²) in [6.45, 7) is 7.30. The molecule has 1 aliphatic carbocycles. The fraction of sp³-hybridized carbons (Fsp3) is 0.556. The van der Waals surface area contributed by atoms with Crippen LogP contribution in [-0.2, 0) is 14.4 Å². The number of nitrogens with zero attached hydrogens (tertiary/aromatic N) is 1. The van der Waals surface area contributed by atoms with Crippen molar-refractivity contribution >= 4 is 28.7 Å². The maximum Gasteiger partial charge on any atom is 0.261 e. The zero-order valence-corrected chi connectivity index (χ0v) is 22.0. The molecule has 178 valence electrons. The Morgan fingerprint density at radius 3 is 2.12 bits per heavy atom. The van der Waals surface area contributed by atoms with Gasteiger partial charge in [-0.3, -0.25) is 0 Å². The number of hydrogen-bond acceptors (Lipinski definition) is 3. The molecule has 0 radical (unpaired) electrons. The highest BCUT2D eigenvalue weighted by Gasteiger charge is 2.62. The number of sulfonamides is 1. The van der Waals surface area contributed by atoms with Crippen molar-refractivity contribution in [1.82, 2.24) is 4.31 Å². The molecule has 2 aromatic rings. The lowest BCUT2D eigenvalue weighted by Crippen LogP contribution is -2.67. The molecule has 33 heavy (non-hydrogen) atoms. The predicted octanol–water partition coefficient (Wildman–Crippen LogP) is 4.30. The van der Waals surface area contributed by atoms with Crippen LogP contribution >= 0.6 is 0 Å². The van der Waals surface area contributed by atoms with E-state index in [0.717, 1.165) is 32.1 Å². The lowest BCUT2D eigenvalue weighted by Gasteiger charge is -2.44. The summed E-state index contributed by atoms with van der Waals surface area (Å²) in [5.74, 6) is 0.636. The quantitative estimate of drug-likeness (QED) is 0.596. The number of hydrogen-bond donors (Lipinski definition) is 0. The first-order valence-electron chi connectivity index (χ1n) is 12.5. The Kier molecular flexibility index (Phi) is 5.88. The van der Waals surface area contributed by atoms with Gasteiger partial charge in [0, 0.05) is 11.6 Å². The zero-order valence-electron chi connectivity index (χ0n) is 20.2. The molecule has 0 amide bonds. The molecule has 1 saturated carbocycles. The van der Waals surface area contributed by atoms with Gasteiger partial charge in [0.05, 0.1) is 12.4 Å². The standard InChI is InChI=1S/C27H37NO3SSi/c1-26(2,3)33(24-13-6-4-7-14-24,25-15-8-5-9-16-25)31-20-23-17-19-27-18-11-10-12-22(27)21-32(29,30)28(23)27/h4-9,13-16,22-23H,10-12,17-21H2,1-3H3/t22-,23+,27+/m1/s1. The van der Waals surface area contributed by atoms with E-state index in [4.69, 9.17) is 4.43 Å². The third-order valence-corrected chi connectivity index (χ3v) is 15.6. The SMILES string of the molecule is CC(C)(C)[Si](OC[C@@H]1CC[C@@]23CCCC[C@@H]2CS(=O)(=O)N13)(c1ccccc1)c1ccccc1. The summed E-state index contributed by atoms with van der Waals surface area (Å²) in [5.41, 5.74) is -0.142. The third kappa shape index (κ3) is 3.65. The molecule has 4 nitrogen and oxygen atoms in total. The van der Waals surface area contributed by atoms with E-state index < -0.39 is 18.3 Å². The Hall–Kier alpha value is -1.47. The summed E-state index contributed by atoms with van der Waals surface area (Å²) in [7, 11) is -5.90. The van der Waals surface area contributed by atoms with Crippen LogP contribution in [0.25, 0.3) is 0 Å². The molecule has 3 fully saturated rings. The van der Waals surface area contributed by atoms with E-state index >= 15 is 0 Å². The van der Waals surface area contributed by atoms with Gasteiger partial charge in [-0.25, -0.2) is 8.42 Å². The van der Waals surface area contributed by atoms with Crippen molar-refractivity contribution in [2.24, 2.45) is 5.92 Å². The van der Waals surface area contributed by atoms with Gasteiger partial charge in [0.1, 0.15) is 0 Å². The summed E-state index contributed by atoms with van der Waals surface area (Å²) < 4.78 is 35.8. The molecule has 0 aromatic heterocycles. The summed E-state index contributed by atoms with van der Waals surface area (Å²) in [6, 6.07) is 21.2. The molecule has 3 aliphatic rings. The van der Waals surface area contributed by atoms with E-state index in [2.05, 4.69) is 81.4 Å². The van der Waals surface area contributed by atoms with Crippen molar-refractivity contribution in [3.05, 3.63) is 60.7 Å². The van der Waals surface area contributed by atoms with E-state index in [0.29, 0.717) is 18.3 Å². The van der Waals surface area contributed by atoms with E-state index in [1.165, 1.54) is 16.8 Å². The average molecular weight is 484 g/mol. The van der Waals surface area contributed by atoms with E-state index in [9.17, 15) is 8.42 Å². The Morgan fingerprint density at radius 1 is 0.939 bits per heavy atom. The Balaban J connectivity index is 1.53.